The Morgan fingerprint density at radius 2 is 1.49 bits per heavy atom. The molecule has 0 N–H and O–H groups in total. The van der Waals surface area contributed by atoms with Crippen LogP contribution >= 0.6 is 11.3 Å². The molecule has 7 nitrogen and oxygen atoms in total. The van der Waals surface area contributed by atoms with Crippen LogP contribution in [0.2, 0.25) is 0 Å². The van der Waals surface area contributed by atoms with Crippen molar-refractivity contribution in [2.75, 3.05) is 44.2 Å². The van der Waals surface area contributed by atoms with E-state index in [1.807, 2.05) is 13.8 Å². The second-order valence-electron chi connectivity index (χ2n) is 9.26. The Morgan fingerprint density at radius 3 is 2.05 bits per heavy atom. The average Bonchev–Trinajstić information content (AvgIpc) is 3.33. The van der Waals surface area contributed by atoms with Crippen LogP contribution in [0.3, 0.4) is 0 Å². The lowest BCUT2D eigenvalue weighted by Crippen LogP contribution is -2.39. The summed E-state index contributed by atoms with van der Waals surface area (Å²) in [7, 11) is -3.60. The van der Waals surface area contributed by atoms with Crippen molar-refractivity contribution in [1.82, 2.24) is 14.2 Å². The van der Waals surface area contributed by atoms with E-state index in [4.69, 9.17) is 4.98 Å². The first-order valence-electron chi connectivity index (χ1n) is 13.2. The summed E-state index contributed by atoms with van der Waals surface area (Å²) in [6.45, 7) is 16.3. The van der Waals surface area contributed by atoms with Gasteiger partial charge in [-0.3, -0.25) is 9.69 Å². The molecule has 0 bridgehead atoms. The first kappa shape index (κ1) is 29.2. The van der Waals surface area contributed by atoms with Gasteiger partial charge >= 0.3 is 0 Å². The van der Waals surface area contributed by atoms with Crippen LogP contribution in [0, 0.1) is 13.8 Å². The van der Waals surface area contributed by atoms with E-state index in [2.05, 4.69) is 44.7 Å². The van der Waals surface area contributed by atoms with Crippen LogP contribution in [0.4, 0.5) is 5.13 Å². The summed E-state index contributed by atoms with van der Waals surface area (Å²) in [6, 6.07) is 10.5. The highest BCUT2D eigenvalue weighted by molar-refractivity contribution is 7.89. The fourth-order valence-electron chi connectivity index (χ4n) is 4.32. The van der Waals surface area contributed by atoms with Crippen LogP contribution in [0.15, 0.2) is 41.3 Å². The molecule has 0 fully saturated rings. The van der Waals surface area contributed by atoms with Crippen molar-refractivity contribution in [3.8, 4) is 0 Å². The van der Waals surface area contributed by atoms with Crippen molar-refractivity contribution in [2.24, 2.45) is 0 Å². The fraction of sp³-hybridized carbons (Fsp3) is 0.500. The second-order valence-corrected chi connectivity index (χ2v) is 12.2. The highest BCUT2D eigenvalue weighted by Crippen LogP contribution is 2.32. The molecule has 1 amide bonds. The molecule has 0 aliphatic rings. The van der Waals surface area contributed by atoms with Crippen LogP contribution in [-0.2, 0) is 10.0 Å². The zero-order valence-electron chi connectivity index (χ0n) is 23.0. The van der Waals surface area contributed by atoms with Crippen LogP contribution in [-0.4, -0.2) is 67.8 Å². The molecule has 1 heterocycles. The lowest BCUT2D eigenvalue weighted by molar-refractivity contribution is 0.0983. The predicted molar refractivity (Wildman–Crippen MR) is 154 cm³/mol. The molecule has 202 valence electrons. The van der Waals surface area contributed by atoms with Gasteiger partial charge in [-0.25, -0.2) is 13.4 Å². The van der Waals surface area contributed by atoms with Gasteiger partial charge in [-0.1, -0.05) is 45.1 Å². The molecule has 1 aromatic heterocycles. The average molecular weight is 545 g/mol. The van der Waals surface area contributed by atoms with Gasteiger partial charge in [0, 0.05) is 31.7 Å². The molecule has 3 rings (SSSR count). The van der Waals surface area contributed by atoms with E-state index < -0.39 is 10.0 Å². The third-order valence-corrected chi connectivity index (χ3v) is 9.73. The number of sulfonamides is 1. The van der Waals surface area contributed by atoms with Gasteiger partial charge in [-0.15, -0.1) is 0 Å². The molecule has 3 aromatic rings. The standard InChI is InChI=1S/C28H40N4O3S2/c1-7-17-31(18-8-2)37(34,35)24-14-12-23(13-15-24)27(33)32(20-19-30(9-3)10-4)28-29-26-22(6)21(5)11-16-25(26)36-28/h11-16H,7-10,17-20H2,1-6H3. The van der Waals surface area contributed by atoms with E-state index in [9.17, 15) is 13.2 Å². The Balaban J connectivity index is 1.95. The number of rotatable bonds is 13. The summed E-state index contributed by atoms with van der Waals surface area (Å²) in [5.74, 6) is -0.177. The maximum atomic E-state index is 13.8. The Labute approximate surface area is 226 Å². The molecule has 0 aliphatic heterocycles. The van der Waals surface area contributed by atoms with Crippen LogP contribution < -0.4 is 4.90 Å². The minimum absolute atomic E-state index is 0.177. The number of aromatic nitrogens is 1. The zero-order valence-corrected chi connectivity index (χ0v) is 24.6. The summed E-state index contributed by atoms with van der Waals surface area (Å²) in [6.07, 6.45) is 1.50. The van der Waals surface area contributed by atoms with E-state index in [-0.39, 0.29) is 10.8 Å². The number of amides is 1. The number of carbonyl (C=O) groups is 1. The monoisotopic (exact) mass is 544 g/mol. The minimum Gasteiger partial charge on any atom is -0.302 e. The van der Waals surface area contributed by atoms with E-state index >= 15 is 0 Å². The summed E-state index contributed by atoms with van der Waals surface area (Å²) >= 11 is 1.51. The number of thiazole rings is 1. The predicted octanol–water partition coefficient (Wildman–Crippen LogP) is 5.71. The van der Waals surface area contributed by atoms with Gasteiger partial charge in [0.15, 0.2) is 5.13 Å². The Kier molecular flexibility index (Phi) is 10.2. The van der Waals surface area contributed by atoms with Crippen molar-refractivity contribution in [1.29, 1.82) is 0 Å². The number of likely N-dealkylation sites (N-methyl/N-ethyl adjacent to an activating group) is 1. The minimum atomic E-state index is -3.60. The van der Waals surface area contributed by atoms with Crippen LogP contribution in [0.1, 0.15) is 62.0 Å². The Morgan fingerprint density at radius 1 is 0.865 bits per heavy atom. The molecular formula is C28H40N4O3S2. The lowest BCUT2D eigenvalue weighted by Gasteiger charge is -2.25. The first-order valence-corrected chi connectivity index (χ1v) is 15.4. The molecule has 37 heavy (non-hydrogen) atoms. The van der Waals surface area contributed by atoms with Gasteiger partial charge in [-0.2, -0.15) is 4.31 Å². The molecule has 0 atom stereocenters. The van der Waals surface area contributed by atoms with E-state index in [0.29, 0.717) is 30.3 Å². The van der Waals surface area contributed by atoms with Crippen LogP contribution in [0.25, 0.3) is 10.2 Å². The van der Waals surface area contributed by atoms with Gasteiger partial charge in [0.2, 0.25) is 10.0 Å². The summed E-state index contributed by atoms with van der Waals surface area (Å²) < 4.78 is 28.9. The summed E-state index contributed by atoms with van der Waals surface area (Å²) in [5.41, 5.74) is 3.66. The van der Waals surface area contributed by atoms with E-state index in [0.717, 1.165) is 48.3 Å². The van der Waals surface area contributed by atoms with Gasteiger partial charge in [0.05, 0.1) is 15.1 Å². The third kappa shape index (κ3) is 6.57. The molecule has 0 radical (unpaired) electrons. The van der Waals surface area contributed by atoms with Gasteiger partial charge in [0.1, 0.15) is 0 Å². The molecule has 2 aromatic carbocycles. The number of nitrogens with zero attached hydrogens (tertiary/aromatic N) is 4. The number of hydrogen-bond donors (Lipinski definition) is 0. The summed E-state index contributed by atoms with van der Waals surface area (Å²) in [5, 5.41) is 0.662. The molecule has 0 aliphatic carbocycles. The largest absolute Gasteiger partial charge is 0.302 e. The molecule has 9 heteroatoms. The molecule has 0 unspecified atom stereocenters. The van der Waals surface area contributed by atoms with Gasteiger partial charge in [0.25, 0.3) is 5.91 Å². The maximum Gasteiger partial charge on any atom is 0.260 e. The quantitative estimate of drug-likeness (QED) is 0.275. The highest BCUT2D eigenvalue weighted by atomic mass is 32.2. The second kappa shape index (κ2) is 13.0. The smallest absolute Gasteiger partial charge is 0.260 e. The molecular weight excluding hydrogens is 504 g/mol. The number of anilines is 1. The first-order chi connectivity index (χ1) is 17.7. The fourth-order valence-corrected chi connectivity index (χ4v) is 6.99. The molecule has 0 saturated heterocycles. The Bertz CT molecular complexity index is 1290. The molecule has 0 spiro atoms. The van der Waals surface area contributed by atoms with Crippen molar-refractivity contribution in [3.63, 3.8) is 0 Å². The van der Waals surface area contributed by atoms with Gasteiger partial charge in [-0.05, 0) is 81.2 Å². The normalized spacial score (nSPS) is 12.1. The zero-order chi connectivity index (χ0) is 27.2. The van der Waals surface area contributed by atoms with E-state index in [1.165, 1.54) is 21.2 Å². The number of fused-ring (bicyclic) bond motifs is 1. The van der Waals surface area contributed by atoms with Crippen LogP contribution in [0.5, 0.6) is 0 Å². The number of benzene rings is 2. The van der Waals surface area contributed by atoms with E-state index in [1.54, 1.807) is 29.2 Å². The van der Waals surface area contributed by atoms with Crippen molar-refractivity contribution in [3.05, 3.63) is 53.1 Å². The third-order valence-electron chi connectivity index (χ3n) is 6.77. The number of hydrogen-bond acceptors (Lipinski definition) is 6. The van der Waals surface area contributed by atoms with Gasteiger partial charge < -0.3 is 4.90 Å². The Hall–Kier alpha value is -2.33. The molecule has 0 saturated carbocycles. The topological polar surface area (TPSA) is 73.8 Å². The van der Waals surface area contributed by atoms with Crippen molar-refractivity contribution >= 4 is 42.6 Å². The lowest BCUT2D eigenvalue weighted by atomic mass is 10.1. The van der Waals surface area contributed by atoms with Crippen molar-refractivity contribution in [2.45, 2.75) is 59.3 Å². The maximum absolute atomic E-state index is 13.8. The SMILES string of the molecule is CCCN(CCC)S(=O)(=O)c1ccc(C(=O)N(CCN(CC)CC)c2nc3c(C)c(C)ccc3s2)cc1. The number of aryl methyl sites for hydroxylation is 2. The summed E-state index contributed by atoms with van der Waals surface area (Å²) in [4.78, 5) is 22.9. The van der Waals surface area contributed by atoms with Crippen molar-refractivity contribution < 1.29 is 13.2 Å². The number of carbonyl (C=O) groups excluding carboxylic acids is 1. The highest BCUT2D eigenvalue weighted by Gasteiger charge is 2.26.